The van der Waals surface area contributed by atoms with Crippen molar-refractivity contribution in [1.29, 1.82) is 0 Å². The van der Waals surface area contributed by atoms with E-state index >= 15 is 0 Å². The number of aryl methyl sites for hydroxylation is 1. The second kappa shape index (κ2) is 4.64. The lowest BCUT2D eigenvalue weighted by atomic mass is 10.1. The third-order valence-electron chi connectivity index (χ3n) is 2.99. The molecule has 0 amide bonds. The maximum absolute atomic E-state index is 12.9. The number of nitrogens with zero attached hydrogens (tertiary/aromatic N) is 4. The lowest BCUT2D eigenvalue weighted by Crippen LogP contribution is -2.26. The van der Waals surface area contributed by atoms with Crippen molar-refractivity contribution in [3.63, 3.8) is 0 Å². The molecule has 102 valence electrons. The van der Waals surface area contributed by atoms with E-state index in [4.69, 9.17) is 12.2 Å². The Morgan fingerprint density at radius 2 is 2.05 bits per heavy atom. The molecule has 0 saturated heterocycles. The van der Waals surface area contributed by atoms with Crippen LogP contribution in [0.2, 0.25) is 0 Å². The first-order chi connectivity index (χ1) is 9.56. The van der Waals surface area contributed by atoms with E-state index in [0.29, 0.717) is 22.7 Å². The highest BCUT2D eigenvalue weighted by molar-refractivity contribution is 7.71. The van der Waals surface area contributed by atoms with E-state index in [1.54, 1.807) is 19.2 Å². The van der Waals surface area contributed by atoms with Gasteiger partial charge in [0.05, 0.1) is 0 Å². The number of nitrogens with one attached hydrogen (secondary N) is 1. The maximum atomic E-state index is 12.9. The molecule has 0 aliphatic carbocycles. The van der Waals surface area contributed by atoms with Crippen LogP contribution in [-0.2, 0) is 13.5 Å². The summed E-state index contributed by atoms with van der Waals surface area (Å²) in [4.78, 5) is 12.2. The number of benzene rings is 1. The topological polar surface area (TPSA) is 68.0 Å². The molecule has 0 saturated carbocycles. The third kappa shape index (κ3) is 2.03. The van der Waals surface area contributed by atoms with Crippen LogP contribution in [0.4, 0.5) is 4.39 Å². The van der Waals surface area contributed by atoms with Gasteiger partial charge in [0.25, 0.3) is 11.3 Å². The molecule has 3 rings (SSSR count). The van der Waals surface area contributed by atoms with Crippen molar-refractivity contribution < 1.29 is 4.39 Å². The normalized spacial score (nSPS) is 11.1. The first kappa shape index (κ1) is 12.7. The molecule has 2 aromatic heterocycles. The van der Waals surface area contributed by atoms with Crippen LogP contribution in [0, 0.1) is 10.6 Å². The fourth-order valence-corrected chi connectivity index (χ4v) is 2.11. The molecule has 0 bridgehead atoms. The van der Waals surface area contributed by atoms with E-state index in [1.807, 2.05) is 0 Å². The number of aromatic nitrogens is 5. The monoisotopic (exact) mass is 291 g/mol. The van der Waals surface area contributed by atoms with Crippen molar-refractivity contribution >= 4 is 18.0 Å². The molecule has 0 fully saturated rings. The Morgan fingerprint density at radius 3 is 2.75 bits per heavy atom. The first-order valence-corrected chi connectivity index (χ1v) is 6.25. The summed E-state index contributed by atoms with van der Waals surface area (Å²) in [6.45, 7) is 0. The molecule has 20 heavy (non-hydrogen) atoms. The molecule has 0 aliphatic heterocycles. The average Bonchev–Trinajstić information content (AvgIpc) is 2.80. The standard InChI is InChI=1S/C12H10FN5OS/c1-17-10(19)9(6-7-2-4-8(13)5-3-7)16-18-11(17)14-15-12(18)20/h2-5H,6H2,1H3,(H,15,20). The molecule has 0 unspecified atom stereocenters. The van der Waals surface area contributed by atoms with Gasteiger partial charge in [0, 0.05) is 13.5 Å². The zero-order chi connectivity index (χ0) is 14.3. The predicted molar refractivity (Wildman–Crippen MR) is 72.6 cm³/mol. The highest BCUT2D eigenvalue weighted by Gasteiger charge is 2.11. The number of hydrogen-bond donors (Lipinski definition) is 1. The summed E-state index contributed by atoms with van der Waals surface area (Å²) < 4.78 is 16.0. The molecule has 0 aliphatic rings. The van der Waals surface area contributed by atoms with Crippen LogP contribution in [0.1, 0.15) is 11.3 Å². The second-order valence-electron chi connectivity index (χ2n) is 4.35. The average molecular weight is 291 g/mol. The quantitative estimate of drug-likeness (QED) is 0.721. The zero-order valence-corrected chi connectivity index (χ0v) is 11.3. The van der Waals surface area contributed by atoms with Gasteiger partial charge in [-0.2, -0.15) is 9.61 Å². The minimum absolute atomic E-state index is 0.254. The molecule has 0 radical (unpaired) electrons. The van der Waals surface area contributed by atoms with Gasteiger partial charge in [-0.3, -0.25) is 9.36 Å². The smallest absolute Gasteiger partial charge is 0.276 e. The van der Waals surface area contributed by atoms with Crippen molar-refractivity contribution in [2.75, 3.05) is 0 Å². The third-order valence-corrected chi connectivity index (χ3v) is 3.25. The van der Waals surface area contributed by atoms with Gasteiger partial charge < -0.3 is 0 Å². The predicted octanol–water partition coefficient (Wildman–Crippen LogP) is 1.22. The minimum atomic E-state index is -0.317. The maximum Gasteiger partial charge on any atom is 0.276 e. The summed E-state index contributed by atoms with van der Waals surface area (Å²) in [6.07, 6.45) is 0.301. The number of fused-ring (bicyclic) bond motifs is 1. The van der Waals surface area contributed by atoms with Gasteiger partial charge in [0.1, 0.15) is 11.5 Å². The minimum Gasteiger partial charge on any atom is -0.277 e. The molecule has 3 aromatic rings. The Labute approximate surface area is 117 Å². The van der Waals surface area contributed by atoms with Crippen molar-refractivity contribution in [2.24, 2.45) is 7.05 Å². The number of H-pyrrole nitrogens is 1. The van der Waals surface area contributed by atoms with Crippen LogP contribution in [-0.4, -0.2) is 24.4 Å². The molecule has 8 heteroatoms. The number of hydrogen-bond acceptors (Lipinski definition) is 4. The Hall–Kier alpha value is -2.35. The second-order valence-corrected chi connectivity index (χ2v) is 4.74. The van der Waals surface area contributed by atoms with E-state index in [1.165, 1.54) is 21.2 Å². The molecule has 0 atom stereocenters. The van der Waals surface area contributed by atoms with E-state index in [0.717, 1.165) is 5.56 Å². The van der Waals surface area contributed by atoms with E-state index < -0.39 is 0 Å². The van der Waals surface area contributed by atoms with Gasteiger partial charge >= 0.3 is 0 Å². The largest absolute Gasteiger partial charge is 0.277 e. The summed E-state index contributed by atoms with van der Waals surface area (Å²) in [5.41, 5.74) is 0.866. The van der Waals surface area contributed by atoms with Crippen LogP contribution in [0.5, 0.6) is 0 Å². The lowest BCUT2D eigenvalue weighted by molar-refractivity contribution is 0.627. The Kier molecular flexibility index (Phi) is 2.94. The fraction of sp³-hybridized carbons (Fsp3) is 0.167. The van der Waals surface area contributed by atoms with Crippen molar-refractivity contribution in [1.82, 2.24) is 24.4 Å². The van der Waals surface area contributed by atoms with Gasteiger partial charge in [-0.15, -0.1) is 5.10 Å². The number of halogens is 1. The van der Waals surface area contributed by atoms with Crippen LogP contribution < -0.4 is 5.56 Å². The molecule has 1 aromatic carbocycles. The SMILES string of the molecule is Cn1c(=O)c(Cc2ccc(F)cc2)nn2c(=S)[nH]nc12. The Balaban J connectivity index is 2.14. The van der Waals surface area contributed by atoms with Crippen molar-refractivity contribution in [3.8, 4) is 0 Å². The Morgan fingerprint density at radius 1 is 1.35 bits per heavy atom. The molecular formula is C12H10FN5OS. The highest BCUT2D eigenvalue weighted by Crippen LogP contribution is 2.07. The molecule has 6 nitrogen and oxygen atoms in total. The summed E-state index contributed by atoms with van der Waals surface area (Å²) in [7, 11) is 1.60. The summed E-state index contributed by atoms with van der Waals surface area (Å²) in [5, 5.41) is 10.7. The van der Waals surface area contributed by atoms with E-state index in [9.17, 15) is 9.18 Å². The van der Waals surface area contributed by atoms with Crippen LogP contribution in [0.15, 0.2) is 29.1 Å². The van der Waals surface area contributed by atoms with Crippen molar-refractivity contribution in [2.45, 2.75) is 6.42 Å². The van der Waals surface area contributed by atoms with E-state index in [-0.39, 0.29) is 11.4 Å². The van der Waals surface area contributed by atoms with Crippen LogP contribution in [0.25, 0.3) is 5.78 Å². The van der Waals surface area contributed by atoms with Gasteiger partial charge in [-0.05, 0) is 29.9 Å². The van der Waals surface area contributed by atoms with Gasteiger partial charge in [-0.25, -0.2) is 9.49 Å². The first-order valence-electron chi connectivity index (χ1n) is 5.84. The summed E-state index contributed by atoms with van der Waals surface area (Å²) in [5.74, 6) is 0.0324. The van der Waals surface area contributed by atoms with E-state index in [2.05, 4.69) is 15.3 Å². The molecule has 2 heterocycles. The fourth-order valence-electron chi connectivity index (χ4n) is 1.95. The summed E-state index contributed by atoms with van der Waals surface area (Å²) in [6, 6.07) is 5.94. The lowest BCUT2D eigenvalue weighted by Gasteiger charge is -2.04. The molecule has 1 N–H and O–H groups in total. The van der Waals surface area contributed by atoms with Gasteiger partial charge in [0.15, 0.2) is 0 Å². The van der Waals surface area contributed by atoms with Crippen molar-refractivity contribution in [3.05, 3.63) is 56.5 Å². The number of aromatic amines is 1. The molecular weight excluding hydrogens is 281 g/mol. The van der Waals surface area contributed by atoms with Gasteiger partial charge in [0.2, 0.25) is 4.77 Å². The Bertz CT molecular complexity index is 893. The zero-order valence-electron chi connectivity index (χ0n) is 10.5. The number of rotatable bonds is 2. The molecule has 0 spiro atoms. The summed E-state index contributed by atoms with van der Waals surface area (Å²) >= 11 is 5.05. The van der Waals surface area contributed by atoms with Gasteiger partial charge in [-0.1, -0.05) is 12.1 Å². The van der Waals surface area contributed by atoms with Crippen LogP contribution in [0.3, 0.4) is 0 Å². The highest BCUT2D eigenvalue weighted by atomic mass is 32.1. The van der Waals surface area contributed by atoms with Crippen LogP contribution >= 0.6 is 12.2 Å².